The van der Waals surface area contributed by atoms with Crippen molar-refractivity contribution in [3.05, 3.63) is 35.9 Å². The Labute approximate surface area is 94.3 Å². The van der Waals surface area contributed by atoms with Crippen molar-refractivity contribution in [1.29, 1.82) is 0 Å². The quantitative estimate of drug-likeness (QED) is 0.681. The molecule has 0 radical (unpaired) electrons. The van der Waals surface area contributed by atoms with Crippen molar-refractivity contribution in [2.75, 3.05) is 20.0 Å². The van der Waals surface area contributed by atoms with Crippen LogP contribution < -0.4 is 0 Å². The van der Waals surface area contributed by atoms with E-state index in [-0.39, 0.29) is 0 Å². The molecule has 0 bridgehead atoms. The van der Waals surface area contributed by atoms with Gasteiger partial charge < -0.3 is 4.57 Å². The molecule has 0 aromatic heterocycles. The van der Waals surface area contributed by atoms with Gasteiger partial charge in [0.1, 0.15) is 0 Å². The third-order valence-corrected chi connectivity index (χ3v) is 1.98. The van der Waals surface area contributed by atoms with Gasteiger partial charge in [0.25, 0.3) is 0 Å². The number of benzene rings is 1. The van der Waals surface area contributed by atoms with E-state index in [1.165, 1.54) is 12.0 Å². The Morgan fingerprint density at radius 2 is 1.53 bits per heavy atom. The highest BCUT2D eigenvalue weighted by Gasteiger charge is 1.98. The van der Waals surface area contributed by atoms with Crippen LogP contribution in [-0.2, 0) is 4.57 Å². The Balaban J connectivity index is 0.000000336. The maximum absolute atomic E-state index is 10.2. The molecule has 1 unspecified atom stereocenters. The smallest absolute Gasteiger partial charge is 0.0790 e. The van der Waals surface area contributed by atoms with Crippen molar-refractivity contribution in [3.63, 3.8) is 0 Å². The van der Waals surface area contributed by atoms with Gasteiger partial charge in [-0.15, -0.1) is 0 Å². The predicted octanol–water partition coefficient (Wildman–Crippen LogP) is 4.44. The highest BCUT2D eigenvalue weighted by molar-refractivity contribution is 7.61. The fourth-order valence-electron chi connectivity index (χ4n) is 1.02. The normalized spacial score (nSPS) is 12.6. The summed E-state index contributed by atoms with van der Waals surface area (Å²) in [5.74, 6) is 0.709. The molecule has 0 saturated heterocycles. The molecule has 15 heavy (non-hydrogen) atoms. The molecular formula is C13H23OP. The van der Waals surface area contributed by atoms with Crippen LogP contribution >= 0.6 is 7.14 Å². The molecule has 0 saturated carbocycles. The first-order valence-corrected chi connectivity index (χ1v) is 8.46. The average Bonchev–Trinajstić information content (AvgIpc) is 2.15. The molecule has 0 heterocycles. The standard InChI is InChI=1S/C10H14.C3H9OP/c1-3-9(2)10-7-5-4-6-8-10;1-5(2,3)4/h4-9H,3H2,1-2H3;1-3H3. The Morgan fingerprint density at radius 3 is 1.87 bits per heavy atom. The largest absolute Gasteiger partial charge is 0.324 e. The van der Waals surface area contributed by atoms with Gasteiger partial charge >= 0.3 is 0 Å². The molecule has 1 aromatic rings. The fourth-order valence-corrected chi connectivity index (χ4v) is 1.02. The number of hydrogen-bond donors (Lipinski definition) is 0. The highest BCUT2D eigenvalue weighted by atomic mass is 31.2. The fraction of sp³-hybridized carbons (Fsp3) is 0.538. The van der Waals surface area contributed by atoms with Gasteiger partial charge in [-0.05, 0) is 37.9 Å². The molecule has 1 aromatic carbocycles. The molecule has 1 rings (SSSR count). The zero-order valence-corrected chi connectivity index (χ0v) is 11.4. The lowest BCUT2D eigenvalue weighted by Crippen LogP contribution is -1.88. The first kappa shape index (κ1) is 14.5. The van der Waals surface area contributed by atoms with Gasteiger partial charge in [-0.25, -0.2) is 0 Å². The Bertz CT molecular complexity index is 291. The van der Waals surface area contributed by atoms with Crippen LogP contribution in [0.2, 0.25) is 0 Å². The lowest BCUT2D eigenvalue weighted by molar-refractivity contribution is 0.586. The van der Waals surface area contributed by atoms with Crippen molar-refractivity contribution < 1.29 is 4.57 Å². The molecule has 1 atom stereocenters. The summed E-state index contributed by atoms with van der Waals surface area (Å²) in [5, 5.41) is 0. The predicted molar refractivity (Wildman–Crippen MR) is 70.5 cm³/mol. The van der Waals surface area contributed by atoms with E-state index in [9.17, 15) is 4.57 Å². The zero-order chi connectivity index (χ0) is 11.9. The Hall–Kier alpha value is -0.550. The van der Waals surface area contributed by atoms with E-state index in [1.54, 1.807) is 20.0 Å². The van der Waals surface area contributed by atoms with Gasteiger partial charge in [-0.1, -0.05) is 44.2 Å². The van der Waals surface area contributed by atoms with Crippen LogP contribution in [-0.4, -0.2) is 20.0 Å². The molecule has 0 aliphatic rings. The van der Waals surface area contributed by atoms with Gasteiger partial charge in [0.05, 0.1) is 7.14 Å². The van der Waals surface area contributed by atoms with E-state index in [2.05, 4.69) is 44.2 Å². The van der Waals surface area contributed by atoms with Crippen LogP contribution in [0.15, 0.2) is 30.3 Å². The second-order valence-electron chi connectivity index (χ2n) is 4.61. The van der Waals surface area contributed by atoms with Gasteiger partial charge in [-0.3, -0.25) is 0 Å². The van der Waals surface area contributed by atoms with Gasteiger partial charge in [0, 0.05) is 0 Å². The van der Waals surface area contributed by atoms with E-state index < -0.39 is 7.14 Å². The molecule has 0 aliphatic heterocycles. The van der Waals surface area contributed by atoms with Crippen molar-refractivity contribution in [2.45, 2.75) is 26.2 Å². The maximum atomic E-state index is 10.2. The van der Waals surface area contributed by atoms with Crippen molar-refractivity contribution in [1.82, 2.24) is 0 Å². The highest BCUT2D eigenvalue weighted by Crippen LogP contribution is 2.28. The number of hydrogen-bond acceptors (Lipinski definition) is 1. The van der Waals surface area contributed by atoms with E-state index in [4.69, 9.17) is 0 Å². The summed E-state index contributed by atoms with van der Waals surface area (Å²) in [5.41, 5.74) is 1.45. The molecule has 0 amide bonds. The SMILES string of the molecule is CCC(C)c1ccccc1.CP(C)(C)=O. The summed E-state index contributed by atoms with van der Waals surface area (Å²) in [6.07, 6.45) is 1.23. The minimum Gasteiger partial charge on any atom is -0.324 e. The summed E-state index contributed by atoms with van der Waals surface area (Å²) < 4.78 is 10.2. The molecule has 0 N–H and O–H groups in total. The van der Waals surface area contributed by atoms with E-state index >= 15 is 0 Å². The lowest BCUT2D eigenvalue weighted by atomic mass is 9.99. The average molecular weight is 226 g/mol. The van der Waals surface area contributed by atoms with Gasteiger partial charge in [0.2, 0.25) is 0 Å². The number of rotatable bonds is 2. The molecule has 2 heteroatoms. The molecule has 1 nitrogen and oxygen atoms in total. The molecule has 0 fully saturated rings. The van der Waals surface area contributed by atoms with Crippen LogP contribution in [0.1, 0.15) is 31.7 Å². The second kappa shape index (κ2) is 6.85. The molecule has 0 aliphatic carbocycles. The van der Waals surface area contributed by atoms with Crippen molar-refractivity contribution in [2.24, 2.45) is 0 Å². The van der Waals surface area contributed by atoms with Gasteiger partial charge in [-0.2, -0.15) is 0 Å². The summed E-state index contributed by atoms with van der Waals surface area (Å²) in [6, 6.07) is 10.6. The Morgan fingerprint density at radius 1 is 1.13 bits per heavy atom. The topological polar surface area (TPSA) is 17.1 Å². The van der Waals surface area contributed by atoms with Crippen molar-refractivity contribution in [3.8, 4) is 0 Å². The zero-order valence-electron chi connectivity index (χ0n) is 10.5. The molecular weight excluding hydrogens is 203 g/mol. The van der Waals surface area contributed by atoms with Crippen molar-refractivity contribution >= 4 is 7.14 Å². The maximum Gasteiger partial charge on any atom is 0.0790 e. The third-order valence-electron chi connectivity index (χ3n) is 1.98. The van der Waals surface area contributed by atoms with E-state index in [0.29, 0.717) is 5.92 Å². The first-order chi connectivity index (χ1) is 6.84. The lowest BCUT2D eigenvalue weighted by Gasteiger charge is -2.06. The van der Waals surface area contributed by atoms with Crippen LogP contribution in [0, 0.1) is 0 Å². The summed E-state index contributed by atoms with van der Waals surface area (Å²) >= 11 is 0. The summed E-state index contributed by atoms with van der Waals surface area (Å²) in [7, 11) is -1.64. The third kappa shape index (κ3) is 9.75. The second-order valence-corrected chi connectivity index (χ2v) is 8.39. The van der Waals surface area contributed by atoms with Gasteiger partial charge in [0.15, 0.2) is 0 Å². The monoisotopic (exact) mass is 226 g/mol. The van der Waals surface area contributed by atoms with Crippen LogP contribution in [0.25, 0.3) is 0 Å². The first-order valence-electron chi connectivity index (χ1n) is 5.42. The Kier molecular flexibility index (Phi) is 6.60. The van der Waals surface area contributed by atoms with Crippen LogP contribution in [0.3, 0.4) is 0 Å². The molecule has 86 valence electrons. The minimum absolute atomic E-state index is 0.709. The van der Waals surface area contributed by atoms with Crippen LogP contribution in [0.4, 0.5) is 0 Å². The van der Waals surface area contributed by atoms with E-state index in [0.717, 1.165) is 0 Å². The summed E-state index contributed by atoms with van der Waals surface area (Å²) in [6.45, 7) is 9.71. The summed E-state index contributed by atoms with van der Waals surface area (Å²) in [4.78, 5) is 0. The molecule has 0 spiro atoms. The minimum atomic E-state index is -1.64. The van der Waals surface area contributed by atoms with E-state index in [1.807, 2.05) is 0 Å². The van der Waals surface area contributed by atoms with Crippen LogP contribution in [0.5, 0.6) is 0 Å².